The molecule has 6 nitrogen and oxygen atoms in total. The zero-order valence-electron chi connectivity index (χ0n) is 11.9. The van der Waals surface area contributed by atoms with Crippen molar-refractivity contribution in [3.8, 4) is 0 Å². The molecule has 0 spiro atoms. The number of allylic oxidation sites excluding steroid dienone is 3. The lowest BCUT2D eigenvalue weighted by atomic mass is 10.1. The molecule has 1 aliphatic heterocycles. The molecule has 23 heavy (non-hydrogen) atoms. The number of sulfonamides is 1. The molecule has 2 aromatic carbocycles. The maximum atomic E-state index is 12.4. The normalized spacial score (nSPS) is 16.7. The third kappa shape index (κ3) is 3.20. The summed E-state index contributed by atoms with van der Waals surface area (Å²) in [4.78, 5) is 0.0951. The van der Waals surface area contributed by atoms with E-state index in [-0.39, 0.29) is 4.90 Å². The van der Waals surface area contributed by atoms with E-state index in [1.54, 1.807) is 36.4 Å². The molecule has 0 aromatic heterocycles. The lowest BCUT2D eigenvalue weighted by Crippen LogP contribution is -2.10. The number of hydrogen-bond donors (Lipinski definition) is 1. The van der Waals surface area contributed by atoms with E-state index in [0.29, 0.717) is 11.1 Å². The van der Waals surface area contributed by atoms with Crippen LogP contribution in [0, 0.1) is 0 Å². The Morgan fingerprint density at radius 1 is 1.04 bits per heavy atom. The summed E-state index contributed by atoms with van der Waals surface area (Å²) in [6.07, 6.45) is 7.46. The van der Waals surface area contributed by atoms with Crippen LogP contribution in [0.3, 0.4) is 0 Å². The molecular weight excluding hydrogens is 314 g/mol. The number of benzene rings is 2. The molecule has 7 heteroatoms. The summed E-state index contributed by atoms with van der Waals surface area (Å²) in [6.45, 7) is 0. The highest BCUT2D eigenvalue weighted by Crippen LogP contribution is 2.24. The predicted octanol–water partition coefficient (Wildman–Crippen LogP) is 3.60. The van der Waals surface area contributed by atoms with Gasteiger partial charge >= 0.3 is 0 Å². The van der Waals surface area contributed by atoms with Crippen molar-refractivity contribution in [2.45, 2.75) is 4.90 Å². The summed E-state index contributed by atoms with van der Waals surface area (Å²) >= 11 is 0. The fourth-order valence-electron chi connectivity index (χ4n) is 2.16. The monoisotopic (exact) mass is 327 g/mol. The highest BCUT2D eigenvalue weighted by molar-refractivity contribution is 7.90. The Kier molecular flexibility index (Phi) is 4.05. The largest absolute Gasteiger partial charge is 0.300 e. The van der Waals surface area contributed by atoms with Gasteiger partial charge in [0.2, 0.25) is 0 Å². The third-order valence-corrected chi connectivity index (χ3v) is 4.46. The van der Waals surface area contributed by atoms with Gasteiger partial charge in [-0.3, -0.25) is 5.21 Å². The summed E-state index contributed by atoms with van der Waals surface area (Å²) in [7, 11) is -3.93. The van der Waals surface area contributed by atoms with Gasteiger partial charge in [0.15, 0.2) is 0 Å². The molecule has 0 amide bonds. The second kappa shape index (κ2) is 6.15. The highest BCUT2D eigenvalue weighted by atomic mass is 32.2. The molecule has 0 radical (unpaired) electrons. The first kappa shape index (κ1) is 15.1. The second-order valence-electron chi connectivity index (χ2n) is 4.75. The van der Waals surface area contributed by atoms with Gasteiger partial charge in [0.1, 0.15) is 0 Å². The number of hydrogen-bond acceptors (Lipinski definition) is 5. The Hall–Kier alpha value is -2.77. The molecule has 3 rings (SSSR count). The van der Waals surface area contributed by atoms with Gasteiger partial charge in [0.25, 0.3) is 10.0 Å². The Bertz CT molecular complexity index is 954. The van der Waals surface area contributed by atoms with Crippen LogP contribution in [-0.2, 0) is 10.0 Å². The highest BCUT2D eigenvalue weighted by Gasteiger charge is 2.16. The SMILES string of the molecule is O=S(=O)(N=NC=C1C=CC=CN1O)c1cccc2ccccc12. The maximum absolute atomic E-state index is 12.4. The number of rotatable bonds is 3. The Morgan fingerprint density at radius 2 is 1.83 bits per heavy atom. The molecule has 0 atom stereocenters. The second-order valence-corrected chi connectivity index (χ2v) is 6.30. The number of fused-ring (bicyclic) bond motifs is 1. The number of nitrogens with zero attached hydrogens (tertiary/aromatic N) is 3. The Labute approximate surface area is 133 Å². The molecule has 1 aliphatic rings. The van der Waals surface area contributed by atoms with Crippen molar-refractivity contribution in [3.05, 3.63) is 78.8 Å². The van der Waals surface area contributed by atoms with Crippen LogP contribution >= 0.6 is 0 Å². The average Bonchev–Trinajstić information content (AvgIpc) is 2.56. The molecule has 0 aliphatic carbocycles. The first-order valence-corrected chi connectivity index (χ1v) is 8.20. The average molecular weight is 327 g/mol. The van der Waals surface area contributed by atoms with Gasteiger partial charge in [0.05, 0.1) is 16.8 Å². The van der Waals surface area contributed by atoms with Crippen molar-refractivity contribution in [3.63, 3.8) is 0 Å². The summed E-state index contributed by atoms with van der Waals surface area (Å²) in [5.74, 6) is 0. The van der Waals surface area contributed by atoms with Crippen LogP contribution in [0.4, 0.5) is 0 Å². The van der Waals surface area contributed by atoms with Gasteiger partial charge in [-0.25, -0.2) is 5.06 Å². The van der Waals surface area contributed by atoms with Crippen molar-refractivity contribution in [2.75, 3.05) is 0 Å². The van der Waals surface area contributed by atoms with Crippen LogP contribution in [0.5, 0.6) is 0 Å². The molecule has 2 aromatic rings. The van der Waals surface area contributed by atoms with Gasteiger partial charge in [-0.1, -0.05) is 47.0 Å². The fraction of sp³-hybridized carbons (Fsp3) is 0. The van der Waals surface area contributed by atoms with Gasteiger partial charge in [-0.15, -0.1) is 5.11 Å². The van der Waals surface area contributed by atoms with Gasteiger partial charge in [0, 0.05) is 11.6 Å². The molecular formula is C16H13N3O3S. The smallest absolute Gasteiger partial charge is 0.284 e. The van der Waals surface area contributed by atoms with Crippen molar-refractivity contribution < 1.29 is 13.6 Å². The van der Waals surface area contributed by atoms with Crippen LogP contribution in [0.1, 0.15) is 0 Å². The van der Waals surface area contributed by atoms with E-state index in [2.05, 4.69) is 9.63 Å². The van der Waals surface area contributed by atoms with Gasteiger partial charge in [-0.2, -0.15) is 8.42 Å². The van der Waals surface area contributed by atoms with Crippen molar-refractivity contribution >= 4 is 20.8 Å². The van der Waals surface area contributed by atoms with Crippen LogP contribution in [0.15, 0.2) is 93.3 Å². The van der Waals surface area contributed by atoms with E-state index in [4.69, 9.17) is 0 Å². The summed E-state index contributed by atoms with van der Waals surface area (Å²) in [6, 6.07) is 12.1. The molecule has 0 bridgehead atoms. The molecule has 1 N–H and O–H groups in total. The zero-order chi connectivity index (χ0) is 16.3. The van der Waals surface area contributed by atoms with Gasteiger partial charge in [-0.05, 0) is 23.6 Å². The minimum absolute atomic E-state index is 0.0951. The van der Waals surface area contributed by atoms with E-state index in [0.717, 1.165) is 10.4 Å². The summed E-state index contributed by atoms with van der Waals surface area (Å²) in [5.41, 5.74) is 0.310. The molecule has 116 valence electrons. The van der Waals surface area contributed by atoms with Crippen LogP contribution < -0.4 is 0 Å². The molecule has 0 fully saturated rings. The fourth-order valence-corrected chi connectivity index (χ4v) is 3.13. The first-order chi connectivity index (χ1) is 11.1. The van der Waals surface area contributed by atoms with Crippen molar-refractivity contribution in [1.82, 2.24) is 5.06 Å². The molecule has 0 saturated carbocycles. The van der Waals surface area contributed by atoms with Crippen LogP contribution in [0.2, 0.25) is 0 Å². The minimum Gasteiger partial charge on any atom is -0.284 e. The molecule has 0 unspecified atom stereocenters. The first-order valence-electron chi connectivity index (χ1n) is 6.76. The topological polar surface area (TPSA) is 82.3 Å². The maximum Gasteiger partial charge on any atom is 0.300 e. The minimum atomic E-state index is -3.93. The predicted molar refractivity (Wildman–Crippen MR) is 86.0 cm³/mol. The van der Waals surface area contributed by atoms with E-state index >= 15 is 0 Å². The van der Waals surface area contributed by atoms with E-state index < -0.39 is 10.0 Å². The van der Waals surface area contributed by atoms with Crippen LogP contribution in [0.25, 0.3) is 10.8 Å². The zero-order valence-corrected chi connectivity index (χ0v) is 12.8. The lowest BCUT2D eigenvalue weighted by molar-refractivity contribution is -0.000512. The summed E-state index contributed by atoms with van der Waals surface area (Å²) in [5, 5.41) is 15.3. The Balaban J connectivity index is 1.95. The van der Waals surface area contributed by atoms with Gasteiger partial charge < -0.3 is 0 Å². The summed E-state index contributed by atoms with van der Waals surface area (Å²) < 4.78 is 28.2. The van der Waals surface area contributed by atoms with Crippen LogP contribution in [-0.4, -0.2) is 18.7 Å². The standard InChI is InChI=1S/C16H13N3O3S/c20-19-11-4-3-8-14(19)12-17-18-23(21,22)16-10-5-7-13-6-1-2-9-15(13)16/h1-12,20H. The van der Waals surface area contributed by atoms with Crippen molar-refractivity contribution in [2.24, 2.45) is 9.63 Å². The quantitative estimate of drug-likeness (QED) is 0.873. The molecule has 1 heterocycles. The number of hydroxylamine groups is 2. The third-order valence-electron chi connectivity index (χ3n) is 3.24. The van der Waals surface area contributed by atoms with E-state index in [1.165, 1.54) is 18.5 Å². The molecule has 0 saturated heterocycles. The van der Waals surface area contributed by atoms with E-state index in [9.17, 15) is 13.6 Å². The van der Waals surface area contributed by atoms with E-state index in [1.807, 2.05) is 18.2 Å². The lowest BCUT2D eigenvalue weighted by Gasteiger charge is -2.13. The Morgan fingerprint density at radius 3 is 2.65 bits per heavy atom. The van der Waals surface area contributed by atoms with Crippen molar-refractivity contribution in [1.29, 1.82) is 0 Å².